The molecule has 4 nitrogen and oxygen atoms in total. The lowest BCUT2D eigenvalue weighted by molar-refractivity contribution is -0.117. The van der Waals surface area contributed by atoms with Crippen molar-refractivity contribution >= 4 is 23.2 Å². The van der Waals surface area contributed by atoms with E-state index < -0.39 is 5.91 Å². The Bertz CT molecular complexity index is 506. The summed E-state index contributed by atoms with van der Waals surface area (Å²) in [6.07, 6.45) is 2.29. The van der Waals surface area contributed by atoms with E-state index in [1.54, 1.807) is 0 Å². The van der Waals surface area contributed by atoms with Crippen molar-refractivity contribution in [2.45, 2.75) is 13.3 Å². The van der Waals surface area contributed by atoms with E-state index in [1.165, 1.54) is 6.20 Å². The number of anilines is 1. The van der Waals surface area contributed by atoms with Crippen LogP contribution in [0.1, 0.15) is 12.5 Å². The van der Waals surface area contributed by atoms with Crippen LogP contribution in [0.4, 0.5) is 5.69 Å². The molecular formula is C14H16ClN3O. The number of carbonyl (C=O) groups is 1. The molecule has 1 amide bonds. The molecule has 5 heteroatoms. The predicted octanol–water partition coefficient (Wildman–Crippen LogP) is 2.42. The van der Waals surface area contributed by atoms with Crippen molar-refractivity contribution in [2.24, 2.45) is 0 Å². The second kappa shape index (κ2) is 8.17. The zero-order valence-corrected chi connectivity index (χ0v) is 11.5. The van der Waals surface area contributed by atoms with E-state index in [1.807, 2.05) is 37.3 Å². The van der Waals surface area contributed by atoms with Crippen molar-refractivity contribution < 1.29 is 4.79 Å². The third kappa shape index (κ3) is 4.65. The average molecular weight is 278 g/mol. The Hall–Kier alpha value is -1.99. The van der Waals surface area contributed by atoms with Crippen molar-refractivity contribution in [2.75, 3.05) is 17.7 Å². The molecule has 0 heterocycles. The minimum atomic E-state index is -0.426. The molecule has 0 bridgehead atoms. The molecule has 0 fully saturated rings. The zero-order valence-electron chi connectivity index (χ0n) is 10.7. The number of halogens is 1. The van der Waals surface area contributed by atoms with Gasteiger partial charge in [-0.15, -0.1) is 11.6 Å². The third-order valence-corrected chi connectivity index (χ3v) is 2.70. The van der Waals surface area contributed by atoms with Gasteiger partial charge >= 0.3 is 0 Å². The van der Waals surface area contributed by atoms with Crippen molar-refractivity contribution in [1.29, 1.82) is 5.26 Å². The number of amides is 1. The number of hydrogen-bond acceptors (Lipinski definition) is 3. The zero-order chi connectivity index (χ0) is 14.1. The third-order valence-electron chi connectivity index (χ3n) is 2.52. The fraction of sp³-hybridized carbons (Fsp3) is 0.286. The molecule has 0 aliphatic carbocycles. The standard InChI is InChI=1S/C14H16ClN3O/c1-2-11-5-3-4-6-13(11)18-10-12(9-16)14(19)17-8-7-15/h3-6,10,18H,2,7-8H2,1H3,(H,17,19)/b12-10-. The van der Waals surface area contributed by atoms with E-state index in [0.29, 0.717) is 12.4 Å². The molecule has 0 aliphatic rings. The van der Waals surface area contributed by atoms with Crippen LogP contribution < -0.4 is 10.6 Å². The highest BCUT2D eigenvalue weighted by Gasteiger charge is 2.07. The molecule has 19 heavy (non-hydrogen) atoms. The van der Waals surface area contributed by atoms with Gasteiger partial charge in [-0.1, -0.05) is 25.1 Å². The smallest absolute Gasteiger partial charge is 0.263 e. The van der Waals surface area contributed by atoms with Crippen LogP contribution in [0.3, 0.4) is 0 Å². The minimum absolute atomic E-state index is 0.0241. The number of hydrogen-bond donors (Lipinski definition) is 2. The van der Waals surface area contributed by atoms with Crippen LogP contribution in [0.25, 0.3) is 0 Å². The van der Waals surface area contributed by atoms with Gasteiger partial charge in [0.2, 0.25) is 0 Å². The fourth-order valence-corrected chi connectivity index (χ4v) is 1.62. The lowest BCUT2D eigenvalue weighted by atomic mass is 10.1. The summed E-state index contributed by atoms with van der Waals surface area (Å²) in [7, 11) is 0. The first-order valence-corrected chi connectivity index (χ1v) is 6.55. The van der Waals surface area contributed by atoms with Crippen LogP contribution in [-0.2, 0) is 11.2 Å². The number of alkyl halides is 1. The molecule has 0 unspecified atom stereocenters. The Balaban J connectivity index is 2.77. The van der Waals surface area contributed by atoms with Gasteiger partial charge in [0.25, 0.3) is 5.91 Å². The van der Waals surface area contributed by atoms with Gasteiger partial charge in [0.15, 0.2) is 0 Å². The van der Waals surface area contributed by atoms with E-state index in [2.05, 4.69) is 10.6 Å². The van der Waals surface area contributed by atoms with Crippen molar-refractivity contribution in [3.63, 3.8) is 0 Å². The average Bonchev–Trinajstić information content (AvgIpc) is 2.46. The van der Waals surface area contributed by atoms with Gasteiger partial charge in [-0.2, -0.15) is 5.26 Å². The van der Waals surface area contributed by atoms with Crippen LogP contribution in [-0.4, -0.2) is 18.3 Å². The Morgan fingerprint density at radius 1 is 1.47 bits per heavy atom. The van der Waals surface area contributed by atoms with Crippen LogP contribution in [0.5, 0.6) is 0 Å². The number of aryl methyl sites for hydroxylation is 1. The number of benzene rings is 1. The van der Waals surface area contributed by atoms with Crippen molar-refractivity contribution in [3.8, 4) is 6.07 Å². The monoisotopic (exact) mass is 277 g/mol. The molecular weight excluding hydrogens is 262 g/mol. The molecule has 0 aliphatic heterocycles. The van der Waals surface area contributed by atoms with Crippen molar-refractivity contribution in [3.05, 3.63) is 41.6 Å². The van der Waals surface area contributed by atoms with Crippen LogP contribution in [0.15, 0.2) is 36.0 Å². The molecule has 0 saturated carbocycles. The lowest BCUT2D eigenvalue weighted by Gasteiger charge is -2.07. The normalized spacial score (nSPS) is 10.7. The van der Waals surface area contributed by atoms with Crippen molar-refractivity contribution in [1.82, 2.24) is 5.32 Å². The first-order chi connectivity index (χ1) is 9.22. The summed E-state index contributed by atoms with van der Waals surface area (Å²) in [5.74, 6) is -0.110. The number of rotatable bonds is 6. The summed E-state index contributed by atoms with van der Waals surface area (Å²) in [6, 6.07) is 9.61. The molecule has 0 atom stereocenters. The maximum absolute atomic E-state index is 11.6. The maximum atomic E-state index is 11.6. The Labute approximate surface area is 118 Å². The number of carbonyl (C=O) groups excluding carboxylic acids is 1. The first kappa shape index (κ1) is 15.1. The topological polar surface area (TPSA) is 64.9 Å². The predicted molar refractivity (Wildman–Crippen MR) is 76.9 cm³/mol. The van der Waals surface area contributed by atoms with Gasteiger partial charge in [-0.05, 0) is 18.1 Å². The number of para-hydroxylation sites is 1. The number of nitrogens with one attached hydrogen (secondary N) is 2. The highest BCUT2D eigenvalue weighted by Crippen LogP contribution is 2.15. The lowest BCUT2D eigenvalue weighted by Crippen LogP contribution is -2.26. The Morgan fingerprint density at radius 2 is 2.21 bits per heavy atom. The SMILES string of the molecule is CCc1ccccc1N/C=C(/C#N)C(=O)NCCCl. The summed E-state index contributed by atoms with van der Waals surface area (Å²) in [4.78, 5) is 11.6. The summed E-state index contributed by atoms with van der Waals surface area (Å²) in [5, 5.41) is 14.5. The Morgan fingerprint density at radius 3 is 2.84 bits per heavy atom. The van der Waals surface area contributed by atoms with E-state index >= 15 is 0 Å². The molecule has 1 rings (SSSR count). The second-order valence-electron chi connectivity index (χ2n) is 3.77. The first-order valence-electron chi connectivity index (χ1n) is 6.01. The highest BCUT2D eigenvalue weighted by molar-refractivity contribution is 6.18. The van der Waals surface area contributed by atoms with E-state index in [-0.39, 0.29) is 5.57 Å². The van der Waals surface area contributed by atoms with Gasteiger partial charge in [0.05, 0.1) is 0 Å². The quantitative estimate of drug-likeness (QED) is 0.477. The second-order valence-corrected chi connectivity index (χ2v) is 4.15. The molecule has 100 valence electrons. The largest absolute Gasteiger partial charge is 0.360 e. The summed E-state index contributed by atoms with van der Waals surface area (Å²) < 4.78 is 0. The number of nitrogens with zero attached hydrogens (tertiary/aromatic N) is 1. The Kier molecular flexibility index (Phi) is 6.48. The van der Waals surface area contributed by atoms with E-state index in [4.69, 9.17) is 16.9 Å². The molecule has 1 aromatic rings. The molecule has 1 aromatic carbocycles. The van der Waals surface area contributed by atoms with Crippen LogP contribution >= 0.6 is 11.6 Å². The number of nitriles is 1. The van der Waals surface area contributed by atoms with E-state index in [9.17, 15) is 4.79 Å². The van der Waals surface area contributed by atoms with Crippen LogP contribution in [0.2, 0.25) is 0 Å². The fourth-order valence-electron chi connectivity index (χ4n) is 1.52. The maximum Gasteiger partial charge on any atom is 0.263 e. The summed E-state index contributed by atoms with van der Waals surface area (Å²) >= 11 is 5.47. The molecule has 0 radical (unpaired) electrons. The molecule has 0 spiro atoms. The molecule has 2 N–H and O–H groups in total. The highest BCUT2D eigenvalue weighted by atomic mass is 35.5. The van der Waals surface area contributed by atoms with Crippen LogP contribution in [0, 0.1) is 11.3 Å². The van der Waals surface area contributed by atoms with Gasteiger partial charge in [0.1, 0.15) is 11.6 Å². The molecule has 0 saturated heterocycles. The minimum Gasteiger partial charge on any atom is -0.360 e. The van der Waals surface area contributed by atoms with Gasteiger partial charge in [-0.25, -0.2) is 0 Å². The van der Waals surface area contributed by atoms with Gasteiger partial charge in [-0.3, -0.25) is 4.79 Å². The summed E-state index contributed by atoms with van der Waals surface area (Å²) in [6.45, 7) is 2.38. The molecule has 0 aromatic heterocycles. The van der Waals surface area contributed by atoms with Gasteiger partial charge in [0, 0.05) is 24.3 Å². The summed E-state index contributed by atoms with van der Waals surface area (Å²) in [5.41, 5.74) is 2.04. The van der Waals surface area contributed by atoms with Gasteiger partial charge < -0.3 is 10.6 Å². The van der Waals surface area contributed by atoms with E-state index in [0.717, 1.165) is 17.7 Å².